The van der Waals surface area contributed by atoms with Crippen molar-refractivity contribution in [2.75, 3.05) is 7.11 Å². The molecule has 0 spiro atoms. The molecular formula is C19H18N4O3. The van der Waals surface area contributed by atoms with Crippen LogP contribution in [0, 0.1) is 11.3 Å². The fourth-order valence-corrected chi connectivity index (χ4v) is 2.61. The Hall–Kier alpha value is -3.21. The number of ether oxygens (including phenoxy) is 1. The summed E-state index contributed by atoms with van der Waals surface area (Å²) < 4.78 is 6.94. The number of methoxy groups -OCH3 is 1. The monoisotopic (exact) mass is 350 g/mol. The van der Waals surface area contributed by atoms with Crippen molar-refractivity contribution in [3.63, 3.8) is 0 Å². The van der Waals surface area contributed by atoms with Gasteiger partial charge in [0.05, 0.1) is 30.5 Å². The van der Waals surface area contributed by atoms with Gasteiger partial charge in [-0.1, -0.05) is 12.1 Å². The van der Waals surface area contributed by atoms with Gasteiger partial charge in [0, 0.05) is 18.3 Å². The SMILES string of the molecule is CCn1cc(C(O)(O)c2ccc(OC)c(-c3cccc(C#N)c3)n2)cn1. The maximum absolute atomic E-state index is 10.6. The first-order valence-corrected chi connectivity index (χ1v) is 8.03. The van der Waals surface area contributed by atoms with E-state index in [1.807, 2.05) is 6.92 Å². The smallest absolute Gasteiger partial charge is 0.238 e. The van der Waals surface area contributed by atoms with E-state index in [2.05, 4.69) is 16.2 Å². The molecule has 0 amide bonds. The van der Waals surface area contributed by atoms with E-state index >= 15 is 0 Å². The molecule has 7 nitrogen and oxygen atoms in total. The van der Waals surface area contributed by atoms with Crippen LogP contribution in [0.1, 0.15) is 23.7 Å². The lowest BCUT2D eigenvalue weighted by molar-refractivity contribution is -0.135. The minimum Gasteiger partial charge on any atom is -0.494 e. The van der Waals surface area contributed by atoms with Crippen LogP contribution < -0.4 is 4.74 Å². The van der Waals surface area contributed by atoms with E-state index in [1.165, 1.54) is 19.4 Å². The highest BCUT2D eigenvalue weighted by molar-refractivity contribution is 5.68. The second-order valence-corrected chi connectivity index (χ2v) is 5.70. The van der Waals surface area contributed by atoms with Crippen LogP contribution in [0.4, 0.5) is 0 Å². The lowest BCUT2D eigenvalue weighted by Gasteiger charge is -2.21. The predicted molar refractivity (Wildman–Crippen MR) is 94.1 cm³/mol. The zero-order valence-corrected chi connectivity index (χ0v) is 14.4. The summed E-state index contributed by atoms with van der Waals surface area (Å²) in [6, 6.07) is 12.0. The number of pyridine rings is 1. The van der Waals surface area contributed by atoms with Crippen molar-refractivity contribution in [1.82, 2.24) is 14.8 Å². The van der Waals surface area contributed by atoms with Crippen LogP contribution in [0.2, 0.25) is 0 Å². The van der Waals surface area contributed by atoms with Crippen molar-refractivity contribution in [3.8, 4) is 23.1 Å². The Morgan fingerprint density at radius 2 is 2.08 bits per heavy atom. The summed E-state index contributed by atoms with van der Waals surface area (Å²) in [7, 11) is 1.50. The number of hydrogen-bond donors (Lipinski definition) is 2. The average molecular weight is 350 g/mol. The molecule has 132 valence electrons. The lowest BCUT2D eigenvalue weighted by atomic mass is 10.0. The van der Waals surface area contributed by atoms with Crippen LogP contribution in [0.3, 0.4) is 0 Å². The van der Waals surface area contributed by atoms with Gasteiger partial charge in [0.25, 0.3) is 0 Å². The summed E-state index contributed by atoms with van der Waals surface area (Å²) in [5, 5.41) is 34.5. The van der Waals surface area contributed by atoms with Crippen LogP contribution in [-0.4, -0.2) is 32.1 Å². The van der Waals surface area contributed by atoms with Gasteiger partial charge in [0.2, 0.25) is 5.79 Å². The van der Waals surface area contributed by atoms with Gasteiger partial charge in [-0.25, -0.2) is 4.98 Å². The maximum Gasteiger partial charge on any atom is 0.238 e. The molecule has 1 aromatic carbocycles. The van der Waals surface area contributed by atoms with Crippen LogP contribution >= 0.6 is 0 Å². The van der Waals surface area contributed by atoms with E-state index in [9.17, 15) is 10.2 Å². The molecule has 0 fully saturated rings. The topological polar surface area (TPSA) is 104 Å². The largest absolute Gasteiger partial charge is 0.494 e. The summed E-state index contributed by atoms with van der Waals surface area (Å²) in [5.41, 5.74) is 1.78. The quantitative estimate of drug-likeness (QED) is 0.682. The van der Waals surface area contributed by atoms with Crippen LogP contribution in [0.25, 0.3) is 11.3 Å². The number of rotatable bonds is 5. The van der Waals surface area contributed by atoms with Crippen molar-refractivity contribution in [2.24, 2.45) is 0 Å². The highest BCUT2D eigenvalue weighted by atomic mass is 16.5. The third kappa shape index (κ3) is 3.16. The highest BCUT2D eigenvalue weighted by Gasteiger charge is 2.32. The van der Waals surface area contributed by atoms with Crippen molar-refractivity contribution in [3.05, 3.63) is 65.6 Å². The van der Waals surface area contributed by atoms with E-state index in [0.717, 1.165) is 0 Å². The molecule has 0 saturated heterocycles. The summed E-state index contributed by atoms with van der Waals surface area (Å²) in [5.74, 6) is -1.84. The molecule has 0 aliphatic carbocycles. The fourth-order valence-electron chi connectivity index (χ4n) is 2.61. The molecule has 2 aromatic heterocycles. The Bertz CT molecular complexity index is 973. The third-order valence-corrected chi connectivity index (χ3v) is 4.06. The zero-order valence-electron chi connectivity index (χ0n) is 14.4. The summed E-state index contributed by atoms with van der Waals surface area (Å²) in [4.78, 5) is 4.40. The number of hydrogen-bond acceptors (Lipinski definition) is 6. The van der Waals surface area contributed by atoms with Gasteiger partial charge in [-0.2, -0.15) is 10.4 Å². The third-order valence-electron chi connectivity index (χ3n) is 4.06. The Labute approximate surface area is 150 Å². The van der Waals surface area contributed by atoms with E-state index in [0.29, 0.717) is 29.1 Å². The Morgan fingerprint density at radius 3 is 2.73 bits per heavy atom. The van der Waals surface area contributed by atoms with Gasteiger partial charge >= 0.3 is 0 Å². The summed E-state index contributed by atoms with van der Waals surface area (Å²) in [6.45, 7) is 2.51. The molecule has 2 heterocycles. The van der Waals surface area contributed by atoms with Gasteiger partial charge in [0.1, 0.15) is 17.1 Å². The molecule has 0 saturated carbocycles. The molecule has 26 heavy (non-hydrogen) atoms. The number of benzene rings is 1. The van der Waals surface area contributed by atoms with E-state index in [-0.39, 0.29) is 11.3 Å². The van der Waals surface area contributed by atoms with Crippen LogP contribution in [-0.2, 0) is 12.3 Å². The number of nitrogens with zero attached hydrogens (tertiary/aromatic N) is 4. The molecule has 0 bridgehead atoms. The standard InChI is InChI=1S/C19H18N4O3/c1-3-23-12-15(11-21-23)19(24,25)17-8-7-16(26-2)18(22-17)14-6-4-5-13(9-14)10-20/h4-9,11-12,24-25H,3H2,1-2H3. The normalized spacial score (nSPS) is 11.2. The lowest BCUT2D eigenvalue weighted by Crippen LogP contribution is -2.27. The average Bonchev–Trinajstić information content (AvgIpc) is 3.17. The van der Waals surface area contributed by atoms with Gasteiger partial charge in [-0.05, 0) is 31.2 Å². The minimum absolute atomic E-state index is 0.0336. The first kappa shape index (κ1) is 17.6. The van der Waals surface area contributed by atoms with Gasteiger partial charge < -0.3 is 14.9 Å². The van der Waals surface area contributed by atoms with Crippen molar-refractivity contribution in [1.29, 1.82) is 5.26 Å². The summed E-state index contributed by atoms with van der Waals surface area (Å²) in [6.07, 6.45) is 2.95. The number of aryl methyl sites for hydroxylation is 1. The molecule has 0 radical (unpaired) electrons. The number of aromatic nitrogens is 3. The van der Waals surface area contributed by atoms with Crippen LogP contribution in [0.15, 0.2) is 48.8 Å². The Balaban J connectivity index is 2.11. The number of aliphatic hydroxyl groups is 2. The van der Waals surface area contributed by atoms with Crippen molar-refractivity contribution >= 4 is 0 Å². The molecule has 2 N–H and O–H groups in total. The maximum atomic E-state index is 10.6. The first-order chi connectivity index (χ1) is 12.5. The van der Waals surface area contributed by atoms with E-state index in [4.69, 9.17) is 10.00 Å². The van der Waals surface area contributed by atoms with Gasteiger partial charge in [0.15, 0.2) is 0 Å². The van der Waals surface area contributed by atoms with Crippen molar-refractivity contribution in [2.45, 2.75) is 19.3 Å². The van der Waals surface area contributed by atoms with Crippen molar-refractivity contribution < 1.29 is 14.9 Å². The first-order valence-electron chi connectivity index (χ1n) is 8.03. The second kappa shape index (κ2) is 6.96. The highest BCUT2D eigenvalue weighted by Crippen LogP contribution is 2.33. The molecule has 3 rings (SSSR count). The molecule has 3 aromatic rings. The molecule has 7 heteroatoms. The van der Waals surface area contributed by atoms with Crippen LogP contribution in [0.5, 0.6) is 5.75 Å². The molecule has 0 atom stereocenters. The van der Waals surface area contributed by atoms with E-state index < -0.39 is 5.79 Å². The summed E-state index contributed by atoms with van der Waals surface area (Å²) >= 11 is 0. The predicted octanol–water partition coefficient (Wildman–Crippen LogP) is 2.03. The molecule has 0 aliphatic rings. The minimum atomic E-state index is -2.30. The van der Waals surface area contributed by atoms with Gasteiger partial charge in [-0.3, -0.25) is 4.68 Å². The molecule has 0 aliphatic heterocycles. The zero-order chi connectivity index (χ0) is 18.7. The fraction of sp³-hybridized carbons (Fsp3) is 0.211. The molecule has 0 unspecified atom stereocenters. The Morgan fingerprint density at radius 1 is 1.27 bits per heavy atom. The van der Waals surface area contributed by atoms with E-state index in [1.54, 1.807) is 41.2 Å². The number of nitriles is 1. The Kier molecular flexibility index (Phi) is 4.71. The molecular weight excluding hydrogens is 332 g/mol. The van der Waals surface area contributed by atoms with Gasteiger partial charge in [-0.15, -0.1) is 0 Å². The second-order valence-electron chi connectivity index (χ2n) is 5.70.